The highest BCUT2D eigenvalue weighted by molar-refractivity contribution is 7.80. The largest absolute Gasteiger partial charge is 0.331 e. The Labute approximate surface area is 235 Å². The molecule has 4 N–H and O–H groups in total. The molecule has 8 nitrogen and oxygen atoms in total. The number of anilines is 2. The third-order valence-corrected chi connectivity index (χ3v) is 6.69. The van der Waals surface area contributed by atoms with Gasteiger partial charge in [0.1, 0.15) is 5.01 Å². The zero-order valence-electron chi connectivity index (χ0n) is 20.9. The highest BCUT2D eigenvalue weighted by Gasteiger charge is 2.09. The van der Waals surface area contributed by atoms with Crippen LogP contribution in [0.15, 0.2) is 83.0 Å². The summed E-state index contributed by atoms with van der Waals surface area (Å²) in [7, 11) is 0. The van der Waals surface area contributed by atoms with Gasteiger partial charge < -0.3 is 10.6 Å². The van der Waals surface area contributed by atoms with Crippen molar-refractivity contribution in [3.05, 3.63) is 78.4 Å². The first-order valence-corrected chi connectivity index (χ1v) is 13.2. The maximum atomic E-state index is 12.7. The highest BCUT2D eigenvalue weighted by atomic mass is 32.1. The number of thiazole rings is 1. The van der Waals surface area contributed by atoms with Gasteiger partial charge in [-0.25, -0.2) is 4.98 Å². The Morgan fingerprint density at radius 2 is 1.39 bits per heavy atom. The van der Waals surface area contributed by atoms with Crippen molar-refractivity contribution in [3.8, 4) is 10.6 Å². The molecule has 0 fully saturated rings. The Morgan fingerprint density at radius 3 is 2.05 bits per heavy atom. The standard InChI is InChI=1S/C27H25N7OS3/c1-16(31-33-18(3)36)17(2)32-34-27(37)29-22-12-8-19(9-13-22)25(35)28-21-14-10-20(11-15-21)26-30-23-6-4-5-7-24(23)38-26/h4-15H,1-3H3,(H,28,35)(H,33,36)(H2,29,34,37)/b31-16-,32-17-. The molecule has 0 unspecified atom stereocenters. The van der Waals surface area contributed by atoms with Crippen molar-refractivity contribution < 1.29 is 4.79 Å². The zero-order chi connectivity index (χ0) is 27.1. The van der Waals surface area contributed by atoms with Crippen LogP contribution in [0.1, 0.15) is 31.1 Å². The van der Waals surface area contributed by atoms with Crippen LogP contribution in [0.5, 0.6) is 0 Å². The number of aromatic nitrogens is 1. The molecule has 4 aromatic rings. The van der Waals surface area contributed by atoms with Crippen molar-refractivity contribution in [1.29, 1.82) is 0 Å². The molecule has 0 bridgehead atoms. The maximum Gasteiger partial charge on any atom is 0.255 e. The van der Waals surface area contributed by atoms with Gasteiger partial charge in [0, 0.05) is 22.5 Å². The molecule has 0 spiro atoms. The monoisotopic (exact) mass is 559 g/mol. The topological polar surface area (TPSA) is 103 Å². The zero-order valence-corrected chi connectivity index (χ0v) is 23.4. The third kappa shape index (κ3) is 7.25. The summed E-state index contributed by atoms with van der Waals surface area (Å²) in [6, 6.07) is 22.7. The van der Waals surface area contributed by atoms with Crippen molar-refractivity contribution >= 4 is 84.8 Å². The molecule has 0 aliphatic heterocycles. The lowest BCUT2D eigenvalue weighted by Crippen LogP contribution is -2.26. The lowest BCUT2D eigenvalue weighted by molar-refractivity contribution is 0.102. The summed E-state index contributed by atoms with van der Waals surface area (Å²) in [4.78, 5) is 18.0. The van der Waals surface area contributed by atoms with E-state index in [4.69, 9.17) is 24.4 Å². The summed E-state index contributed by atoms with van der Waals surface area (Å²) in [6.45, 7) is 5.35. The van der Waals surface area contributed by atoms with Crippen LogP contribution < -0.4 is 21.5 Å². The number of hydrogen-bond donors (Lipinski definition) is 4. The van der Waals surface area contributed by atoms with Crippen molar-refractivity contribution in [2.45, 2.75) is 20.8 Å². The van der Waals surface area contributed by atoms with Crippen molar-refractivity contribution in [1.82, 2.24) is 15.8 Å². The van der Waals surface area contributed by atoms with E-state index in [1.165, 1.54) is 0 Å². The summed E-state index contributed by atoms with van der Waals surface area (Å²) in [6.07, 6.45) is 0. The predicted molar refractivity (Wildman–Crippen MR) is 166 cm³/mol. The van der Waals surface area contributed by atoms with Crippen molar-refractivity contribution in [2.75, 3.05) is 10.6 Å². The van der Waals surface area contributed by atoms with Crippen LogP contribution >= 0.6 is 35.8 Å². The van der Waals surface area contributed by atoms with E-state index in [0.717, 1.165) is 26.5 Å². The number of fused-ring (bicyclic) bond motifs is 1. The van der Waals surface area contributed by atoms with Crippen molar-refractivity contribution in [3.63, 3.8) is 0 Å². The molecule has 0 atom stereocenters. The molecule has 0 aliphatic rings. The molecule has 4 rings (SSSR count). The molecular formula is C27H25N7OS3. The van der Waals surface area contributed by atoms with Crippen LogP contribution in [-0.4, -0.2) is 32.4 Å². The first-order valence-electron chi connectivity index (χ1n) is 11.6. The van der Waals surface area contributed by atoms with E-state index in [2.05, 4.69) is 42.7 Å². The van der Waals surface area contributed by atoms with Gasteiger partial charge in [0.25, 0.3) is 5.91 Å². The minimum absolute atomic E-state index is 0.208. The molecule has 1 heterocycles. The number of carbonyl (C=O) groups is 1. The minimum Gasteiger partial charge on any atom is -0.331 e. The summed E-state index contributed by atoms with van der Waals surface area (Å²) in [5.74, 6) is -0.208. The first-order chi connectivity index (χ1) is 18.3. The van der Waals surface area contributed by atoms with E-state index < -0.39 is 0 Å². The fraction of sp³-hybridized carbons (Fsp3) is 0.111. The molecule has 0 saturated heterocycles. The van der Waals surface area contributed by atoms with Crippen LogP contribution in [0.3, 0.4) is 0 Å². The van der Waals surface area contributed by atoms with Gasteiger partial charge in [0.05, 0.1) is 26.6 Å². The predicted octanol–water partition coefficient (Wildman–Crippen LogP) is 6.19. The Bertz CT molecular complexity index is 1510. The number of amides is 1. The van der Waals surface area contributed by atoms with Gasteiger partial charge in [-0.15, -0.1) is 11.3 Å². The Hall–Kier alpha value is -4.06. The second-order valence-corrected chi connectivity index (χ2v) is 10.3. The molecule has 1 aromatic heterocycles. The fourth-order valence-electron chi connectivity index (χ4n) is 3.22. The number of benzene rings is 3. The average Bonchev–Trinajstić information content (AvgIpc) is 3.35. The first kappa shape index (κ1) is 27.0. The Kier molecular flexibility index (Phi) is 8.85. The molecule has 0 radical (unpaired) electrons. The highest BCUT2D eigenvalue weighted by Crippen LogP contribution is 2.30. The SMILES string of the molecule is CC(=S)N/N=C(C)\C(C)=N/NC(=S)Nc1ccc(C(=O)Nc2ccc(-c3nc4ccccc4s3)cc2)cc1. The second-order valence-electron chi connectivity index (χ2n) is 8.22. The molecule has 192 valence electrons. The number of thiocarbonyl (C=S) groups is 2. The lowest BCUT2D eigenvalue weighted by Gasteiger charge is -2.10. The molecule has 3 aromatic carbocycles. The molecule has 1 amide bonds. The van der Waals surface area contributed by atoms with Gasteiger partial charge in [-0.3, -0.25) is 15.6 Å². The molecule has 11 heteroatoms. The second kappa shape index (κ2) is 12.5. The number of nitrogens with one attached hydrogen (secondary N) is 4. The Balaban J connectivity index is 1.31. The van der Waals surface area contributed by atoms with Crippen molar-refractivity contribution in [2.24, 2.45) is 10.2 Å². The minimum atomic E-state index is -0.208. The summed E-state index contributed by atoms with van der Waals surface area (Å²) < 4.78 is 1.15. The number of nitrogens with zero attached hydrogens (tertiary/aromatic N) is 3. The maximum absolute atomic E-state index is 12.7. The number of hydrogen-bond acceptors (Lipinski definition) is 7. The fourth-order valence-corrected chi connectivity index (χ4v) is 4.40. The molecule has 0 saturated carbocycles. The number of carbonyl (C=O) groups excluding carboxylic acids is 1. The van der Waals surface area contributed by atoms with Gasteiger partial charge in [-0.1, -0.05) is 24.4 Å². The summed E-state index contributed by atoms with van der Waals surface area (Å²) >= 11 is 11.9. The third-order valence-electron chi connectivity index (χ3n) is 5.32. The summed E-state index contributed by atoms with van der Waals surface area (Å²) in [5.41, 5.74) is 10.8. The van der Waals surface area contributed by atoms with Crippen LogP contribution in [-0.2, 0) is 0 Å². The van der Waals surface area contributed by atoms with E-state index in [-0.39, 0.29) is 5.91 Å². The quantitative estimate of drug-likeness (QED) is 0.122. The molecular weight excluding hydrogens is 535 g/mol. The van der Waals surface area contributed by atoms with Crippen LogP contribution in [0.4, 0.5) is 11.4 Å². The molecule has 38 heavy (non-hydrogen) atoms. The van der Waals surface area contributed by atoms with Gasteiger partial charge in [-0.2, -0.15) is 10.2 Å². The van der Waals surface area contributed by atoms with Crippen LogP contribution in [0, 0.1) is 0 Å². The normalized spacial score (nSPS) is 11.7. The Morgan fingerprint density at radius 1 is 0.789 bits per heavy atom. The van der Waals surface area contributed by atoms with E-state index in [9.17, 15) is 4.79 Å². The van der Waals surface area contributed by atoms with Gasteiger partial charge in [-0.05, 0) is 93.7 Å². The molecule has 0 aliphatic carbocycles. The van der Waals surface area contributed by atoms with E-state index >= 15 is 0 Å². The van der Waals surface area contributed by atoms with Gasteiger partial charge in [0.15, 0.2) is 5.11 Å². The lowest BCUT2D eigenvalue weighted by atomic mass is 10.1. The van der Waals surface area contributed by atoms with Crippen LogP contribution in [0.2, 0.25) is 0 Å². The smallest absolute Gasteiger partial charge is 0.255 e. The number of para-hydroxylation sites is 1. The average molecular weight is 560 g/mol. The van der Waals surface area contributed by atoms with Gasteiger partial charge >= 0.3 is 0 Å². The number of rotatable bonds is 7. The van der Waals surface area contributed by atoms with Gasteiger partial charge in [0.2, 0.25) is 0 Å². The van der Waals surface area contributed by atoms with E-state index in [0.29, 0.717) is 32.8 Å². The van der Waals surface area contributed by atoms with E-state index in [1.807, 2.05) is 49.4 Å². The van der Waals surface area contributed by atoms with Crippen LogP contribution in [0.25, 0.3) is 20.8 Å². The van der Waals surface area contributed by atoms with E-state index in [1.54, 1.807) is 49.4 Å². The number of hydrazone groups is 2. The summed E-state index contributed by atoms with van der Waals surface area (Å²) in [5, 5.41) is 15.5.